The van der Waals surface area contributed by atoms with E-state index in [1.807, 2.05) is 6.21 Å². The minimum atomic E-state index is 0.235. The fourth-order valence-corrected chi connectivity index (χ4v) is 4.56. The Morgan fingerprint density at radius 2 is 1.64 bits per heavy atom. The Morgan fingerprint density at radius 3 is 2.24 bits per heavy atom. The Kier molecular flexibility index (Phi) is 6.61. The fraction of sp³-hybridized carbons (Fsp3) is 0.773. The molecular formula is C22H33NO2. The smallest absolute Gasteiger partial charge is 0.139 e. The third kappa shape index (κ3) is 4.89. The summed E-state index contributed by atoms with van der Waals surface area (Å²) in [4.78, 5) is 29.1. The number of Topliss-reactive ketones (excluding diaryl/α,β-unsaturated/α-hetero) is 2. The molecule has 1 heterocycles. The molecule has 0 saturated heterocycles. The minimum Gasteiger partial charge on any atom is -0.299 e. The van der Waals surface area contributed by atoms with E-state index in [0.29, 0.717) is 17.5 Å². The van der Waals surface area contributed by atoms with Crippen LogP contribution in [0.4, 0.5) is 0 Å². The Hall–Kier alpha value is -1.25. The Bertz CT molecular complexity index is 548. The first-order valence-corrected chi connectivity index (χ1v) is 10.4. The number of rotatable bonds is 9. The van der Waals surface area contributed by atoms with Gasteiger partial charge in [-0.25, -0.2) is 0 Å². The van der Waals surface area contributed by atoms with E-state index in [-0.39, 0.29) is 11.8 Å². The summed E-state index contributed by atoms with van der Waals surface area (Å²) in [6.07, 6.45) is 15.5. The first kappa shape index (κ1) is 18.5. The predicted octanol–water partition coefficient (Wildman–Crippen LogP) is 5.43. The van der Waals surface area contributed by atoms with Crippen molar-refractivity contribution in [1.82, 2.24) is 0 Å². The lowest BCUT2D eigenvalue weighted by atomic mass is 9.71. The van der Waals surface area contributed by atoms with E-state index < -0.39 is 0 Å². The van der Waals surface area contributed by atoms with Crippen LogP contribution < -0.4 is 0 Å². The maximum atomic E-state index is 12.4. The number of hydrogen-bond acceptors (Lipinski definition) is 3. The van der Waals surface area contributed by atoms with Gasteiger partial charge in [-0.05, 0) is 70.3 Å². The Balaban J connectivity index is 1.27. The standard InChI is InChI=1S/C22H33NO2/c1-16-17(14-15-23-16)6-3-2-4-9-21(24)18-10-12-20(13-11-18)22(25)19-7-5-8-19/h15,18-20H,2-14H2,1H3. The van der Waals surface area contributed by atoms with Gasteiger partial charge in [0.25, 0.3) is 0 Å². The summed E-state index contributed by atoms with van der Waals surface area (Å²) < 4.78 is 0. The molecule has 0 aromatic carbocycles. The topological polar surface area (TPSA) is 46.5 Å². The van der Waals surface area contributed by atoms with Crippen LogP contribution in [0.15, 0.2) is 16.3 Å². The highest BCUT2D eigenvalue weighted by Gasteiger charge is 2.34. The monoisotopic (exact) mass is 343 g/mol. The molecule has 2 fully saturated rings. The van der Waals surface area contributed by atoms with Crippen LogP contribution in [-0.2, 0) is 9.59 Å². The summed E-state index contributed by atoms with van der Waals surface area (Å²) in [6, 6.07) is 0. The van der Waals surface area contributed by atoms with Crippen molar-refractivity contribution in [3.8, 4) is 0 Å². The number of unbranched alkanes of at least 4 members (excludes halogenated alkanes) is 2. The molecule has 3 rings (SSSR count). The van der Waals surface area contributed by atoms with E-state index in [0.717, 1.165) is 70.6 Å². The van der Waals surface area contributed by atoms with Crippen molar-refractivity contribution in [2.24, 2.45) is 22.7 Å². The van der Waals surface area contributed by atoms with Gasteiger partial charge in [-0.2, -0.15) is 0 Å². The molecule has 0 spiro atoms. The number of nitrogens with zero attached hydrogens (tertiary/aromatic N) is 1. The van der Waals surface area contributed by atoms with Crippen molar-refractivity contribution in [1.29, 1.82) is 0 Å². The first-order chi connectivity index (χ1) is 12.1. The van der Waals surface area contributed by atoms with E-state index >= 15 is 0 Å². The number of carbonyl (C=O) groups excluding carboxylic acids is 2. The maximum Gasteiger partial charge on any atom is 0.139 e. The van der Waals surface area contributed by atoms with Crippen LogP contribution >= 0.6 is 0 Å². The lowest BCUT2D eigenvalue weighted by Crippen LogP contribution is -2.32. The van der Waals surface area contributed by atoms with Crippen LogP contribution in [0.1, 0.15) is 90.4 Å². The van der Waals surface area contributed by atoms with Crippen molar-refractivity contribution >= 4 is 17.8 Å². The van der Waals surface area contributed by atoms with Crippen molar-refractivity contribution < 1.29 is 9.59 Å². The van der Waals surface area contributed by atoms with E-state index in [1.54, 1.807) is 0 Å². The molecule has 0 unspecified atom stereocenters. The lowest BCUT2D eigenvalue weighted by molar-refractivity contribution is -0.132. The van der Waals surface area contributed by atoms with E-state index in [1.165, 1.54) is 24.1 Å². The average Bonchev–Trinajstić information content (AvgIpc) is 2.98. The van der Waals surface area contributed by atoms with Crippen molar-refractivity contribution in [2.75, 3.05) is 0 Å². The molecule has 0 radical (unpaired) electrons. The number of hydrogen-bond donors (Lipinski definition) is 0. The van der Waals surface area contributed by atoms with Gasteiger partial charge in [-0.3, -0.25) is 14.6 Å². The normalized spacial score (nSPS) is 26.8. The van der Waals surface area contributed by atoms with Gasteiger partial charge >= 0.3 is 0 Å². The number of allylic oxidation sites excluding steroid dienone is 2. The van der Waals surface area contributed by atoms with E-state index in [4.69, 9.17) is 0 Å². The van der Waals surface area contributed by atoms with Crippen molar-refractivity contribution in [3.05, 3.63) is 11.3 Å². The second kappa shape index (κ2) is 8.91. The van der Waals surface area contributed by atoms with Crippen LogP contribution in [0.25, 0.3) is 0 Å². The van der Waals surface area contributed by atoms with E-state index in [2.05, 4.69) is 11.9 Å². The highest BCUT2D eigenvalue weighted by Crippen LogP contribution is 2.37. The molecule has 3 nitrogen and oxygen atoms in total. The summed E-state index contributed by atoms with van der Waals surface area (Å²) >= 11 is 0. The first-order valence-electron chi connectivity index (χ1n) is 10.4. The number of ketones is 2. The van der Waals surface area contributed by atoms with Gasteiger partial charge in [0.05, 0.1) is 0 Å². The highest BCUT2D eigenvalue weighted by molar-refractivity contribution is 5.85. The molecule has 1 aliphatic heterocycles. The largest absolute Gasteiger partial charge is 0.299 e. The average molecular weight is 344 g/mol. The zero-order chi connectivity index (χ0) is 17.6. The van der Waals surface area contributed by atoms with Gasteiger partial charge in [-0.1, -0.05) is 12.8 Å². The van der Waals surface area contributed by atoms with Gasteiger partial charge in [0.15, 0.2) is 0 Å². The van der Waals surface area contributed by atoms with Crippen molar-refractivity contribution in [3.63, 3.8) is 0 Å². The summed E-state index contributed by atoms with van der Waals surface area (Å²) in [7, 11) is 0. The van der Waals surface area contributed by atoms with E-state index in [9.17, 15) is 9.59 Å². The molecule has 3 heteroatoms. The second-order valence-electron chi connectivity index (χ2n) is 8.31. The minimum absolute atomic E-state index is 0.235. The molecule has 0 aromatic heterocycles. The molecular weight excluding hydrogens is 310 g/mol. The third-order valence-electron chi connectivity index (χ3n) is 6.63. The van der Waals surface area contributed by atoms with Crippen LogP contribution in [0.2, 0.25) is 0 Å². The molecule has 0 bridgehead atoms. The van der Waals surface area contributed by atoms with Crippen LogP contribution in [0.3, 0.4) is 0 Å². The summed E-state index contributed by atoms with van der Waals surface area (Å²) in [5.74, 6) is 1.83. The molecule has 0 atom stereocenters. The quantitative estimate of drug-likeness (QED) is 0.524. The van der Waals surface area contributed by atoms with Crippen LogP contribution in [-0.4, -0.2) is 17.8 Å². The Labute approximate surface area is 152 Å². The van der Waals surface area contributed by atoms with Gasteiger partial charge < -0.3 is 0 Å². The third-order valence-corrected chi connectivity index (χ3v) is 6.63. The number of carbonyl (C=O) groups is 2. The summed E-state index contributed by atoms with van der Waals surface area (Å²) in [6.45, 7) is 2.09. The predicted molar refractivity (Wildman–Crippen MR) is 102 cm³/mol. The summed E-state index contributed by atoms with van der Waals surface area (Å²) in [5.41, 5.74) is 2.67. The maximum absolute atomic E-state index is 12.4. The SMILES string of the molecule is CC1=C(CCCCCC(=O)C2CCC(C(=O)C3CCC3)CC2)CC=N1. The van der Waals surface area contributed by atoms with Gasteiger partial charge in [0.2, 0.25) is 0 Å². The van der Waals surface area contributed by atoms with Gasteiger partial charge in [-0.15, -0.1) is 0 Å². The molecule has 3 aliphatic rings. The molecule has 2 saturated carbocycles. The lowest BCUT2D eigenvalue weighted by Gasteiger charge is -2.32. The van der Waals surface area contributed by atoms with Crippen molar-refractivity contribution in [2.45, 2.75) is 90.4 Å². The summed E-state index contributed by atoms with van der Waals surface area (Å²) in [5, 5.41) is 0. The molecule has 138 valence electrons. The molecule has 25 heavy (non-hydrogen) atoms. The Morgan fingerprint density at radius 1 is 0.960 bits per heavy atom. The zero-order valence-electron chi connectivity index (χ0n) is 15.8. The van der Waals surface area contributed by atoms with Crippen LogP contribution in [0.5, 0.6) is 0 Å². The molecule has 0 N–H and O–H groups in total. The highest BCUT2D eigenvalue weighted by atomic mass is 16.1. The van der Waals surface area contributed by atoms with Gasteiger partial charge in [0.1, 0.15) is 11.6 Å². The molecule has 2 aliphatic carbocycles. The molecule has 0 aromatic rings. The zero-order valence-corrected chi connectivity index (χ0v) is 15.8. The number of aliphatic imine (C=N–C) groups is 1. The second-order valence-corrected chi connectivity index (χ2v) is 8.31. The molecule has 0 amide bonds. The van der Waals surface area contributed by atoms with Crippen LogP contribution in [0, 0.1) is 17.8 Å². The van der Waals surface area contributed by atoms with Gasteiger partial charge in [0, 0.05) is 42.5 Å². The fourth-order valence-electron chi connectivity index (χ4n) is 4.56.